The second-order valence-electron chi connectivity index (χ2n) is 8.49. The van der Waals surface area contributed by atoms with Crippen molar-refractivity contribution in [2.45, 2.75) is 29.6 Å². The maximum atomic E-state index is 13.2. The minimum atomic E-state index is -4.07. The van der Waals surface area contributed by atoms with Crippen LogP contribution in [0.3, 0.4) is 0 Å². The lowest BCUT2D eigenvalue weighted by Crippen LogP contribution is -2.28. The molecule has 0 unspecified atom stereocenters. The van der Waals surface area contributed by atoms with Gasteiger partial charge < -0.3 is 10.1 Å². The number of ether oxygens (including phenoxy) is 1. The largest absolute Gasteiger partial charge is 0.495 e. The first kappa shape index (κ1) is 26.9. The summed E-state index contributed by atoms with van der Waals surface area (Å²) in [6, 6.07) is 14.9. The Bertz CT molecular complexity index is 1550. The highest BCUT2D eigenvalue weighted by Crippen LogP contribution is 2.30. The molecule has 3 aromatic carbocycles. The van der Waals surface area contributed by atoms with Crippen molar-refractivity contribution in [3.63, 3.8) is 0 Å². The number of carbonyl (C=O) groups is 1. The van der Waals surface area contributed by atoms with Gasteiger partial charge >= 0.3 is 0 Å². The molecule has 4 rings (SSSR count). The minimum absolute atomic E-state index is 0.0160. The van der Waals surface area contributed by atoms with Gasteiger partial charge in [0.1, 0.15) is 5.75 Å². The molecular weight excluding hydrogens is 538 g/mol. The van der Waals surface area contributed by atoms with E-state index in [1.165, 1.54) is 47.8 Å². The van der Waals surface area contributed by atoms with Crippen molar-refractivity contribution in [2.75, 3.05) is 30.2 Å². The van der Waals surface area contributed by atoms with Crippen molar-refractivity contribution >= 4 is 48.9 Å². The first-order valence-corrected chi connectivity index (χ1v) is 14.7. The zero-order chi connectivity index (χ0) is 26.8. The number of aryl methyl sites for hydroxylation is 1. The highest BCUT2D eigenvalue weighted by atomic mass is 35.5. The van der Waals surface area contributed by atoms with Crippen LogP contribution in [0.5, 0.6) is 5.75 Å². The number of benzene rings is 3. The molecule has 1 heterocycles. The minimum Gasteiger partial charge on any atom is -0.495 e. The fourth-order valence-corrected chi connectivity index (χ4v) is 7.04. The van der Waals surface area contributed by atoms with E-state index >= 15 is 0 Å². The van der Waals surface area contributed by atoms with Crippen LogP contribution in [0.1, 0.15) is 28.8 Å². The fourth-order valence-electron chi connectivity index (χ4n) is 3.99. The highest BCUT2D eigenvalue weighted by Gasteiger charge is 2.28. The van der Waals surface area contributed by atoms with Gasteiger partial charge in [0.05, 0.1) is 33.3 Å². The monoisotopic (exact) mass is 563 g/mol. The molecule has 3 aromatic rings. The molecule has 0 spiro atoms. The summed E-state index contributed by atoms with van der Waals surface area (Å²) in [5.74, 6) is -0.303. The average molecular weight is 564 g/mol. The molecule has 1 fully saturated rings. The van der Waals surface area contributed by atoms with Crippen molar-refractivity contribution in [1.82, 2.24) is 4.31 Å². The molecule has 12 heteroatoms. The van der Waals surface area contributed by atoms with Gasteiger partial charge in [-0.1, -0.05) is 29.8 Å². The van der Waals surface area contributed by atoms with Crippen LogP contribution in [0.4, 0.5) is 11.4 Å². The highest BCUT2D eigenvalue weighted by molar-refractivity contribution is 7.92. The van der Waals surface area contributed by atoms with Gasteiger partial charge in [0.15, 0.2) is 0 Å². The Kier molecular flexibility index (Phi) is 7.79. The van der Waals surface area contributed by atoms with Gasteiger partial charge in [0.2, 0.25) is 10.0 Å². The van der Waals surface area contributed by atoms with E-state index in [2.05, 4.69) is 10.0 Å². The van der Waals surface area contributed by atoms with Crippen LogP contribution in [0.15, 0.2) is 70.5 Å². The summed E-state index contributed by atoms with van der Waals surface area (Å²) in [6.07, 6.45) is 1.59. The lowest BCUT2D eigenvalue weighted by molar-refractivity contribution is 0.102. The van der Waals surface area contributed by atoms with Gasteiger partial charge in [-0.2, -0.15) is 4.31 Å². The summed E-state index contributed by atoms with van der Waals surface area (Å²) in [6.45, 7) is 2.49. The van der Waals surface area contributed by atoms with Crippen LogP contribution >= 0.6 is 11.6 Å². The summed E-state index contributed by atoms with van der Waals surface area (Å²) in [5.41, 5.74) is 0.830. The van der Waals surface area contributed by atoms with Crippen LogP contribution in [-0.4, -0.2) is 47.2 Å². The molecule has 0 aromatic heterocycles. The van der Waals surface area contributed by atoms with Crippen molar-refractivity contribution in [3.8, 4) is 5.75 Å². The van der Waals surface area contributed by atoms with E-state index in [4.69, 9.17) is 16.3 Å². The number of halogens is 1. The van der Waals surface area contributed by atoms with Crippen LogP contribution < -0.4 is 14.8 Å². The van der Waals surface area contributed by atoms with Gasteiger partial charge in [-0.25, -0.2) is 16.8 Å². The zero-order valence-corrected chi connectivity index (χ0v) is 22.6. The van der Waals surface area contributed by atoms with E-state index in [0.29, 0.717) is 24.4 Å². The smallest absolute Gasteiger partial charge is 0.262 e. The second-order valence-corrected chi connectivity index (χ2v) is 12.5. The molecule has 196 valence electrons. The van der Waals surface area contributed by atoms with Crippen molar-refractivity contribution in [1.29, 1.82) is 0 Å². The summed E-state index contributed by atoms with van der Waals surface area (Å²) in [4.78, 5) is 13.0. The number of methoxy groups -OCH3 is 1. The summed E-state index contributed by atoms with van der Waals surface area (Å²) >= 11 is 6.24. The van der Waals surface area contributed by atoms with E-state index in [1.807, 2.05) is 0 Å². The lowest BCUT2D eigenvalue weighted by Gasteiger charge is -2.17. The van der Waals surface area contributed by atoms with Crippen LogP contribution in [0.25, 0.3) is 0 Å². The molecular formula is C25H26ClN3O6S2. The third kappa shape index (κ3) is 5.74. The Balaban J connectivity index is 1.61. The third-order valence-electron chi connectivity index (χ3n) is 5.98. The zero-order valence-electron chi connectivity index (χ0n) is 20.2. The summed E-state index contributed by atoms with van der Waals surface area (Å²) in [5, 5.41) is 2.75. The molecule has 1 amide bonds. The molecule has 0 radical (unpaired) electrons. The number of rotatable bonds is 8. The lowest BCUT2D eigenvalue weighted by atomic mass is 10.1. The number of amides is 1. The SMILES string of the molecule is COc1ccccc1NS(=O)(=O)c1cc(C(=O)Nc2cc(S(=O)(=O)N3CCCC3)ccc2Cl)ccc1C. The molecule has 1 aliphatic rings. The second kappa shape index (κ2) is 10.7. The third-order valence-corrected chi connectivity index (χ3v) is 9.71. The summed E-state index contributed by atoms with van der Waals surface area (Å²) < 4.78 is 61.3. The van der Waals surface area contributed by atoms with Gasteiger partial charge in [0, 0.05) is 18.7 Å². The Hall–Kier alpha value is -3.12. The van der Waals surface area contributed by atoms with Crippen molar-refractivity contribution in [2.24, 2.45) is 0 Å². The first-order chi connectivity index (χ1) is 17.5. The topological polar surface area (TPSA) is 122 Å². The number of nitrogens with one attached hydrogen (secondary N) is 2. The first-order valence-electron chi connectivity index (χ1n) is 11.4. The fraction of sp³-hybridized carbons (Fsp3) is 0.240. The van der Waals surface area contributed by atoms with Crippen LogP contribution in [-0.2, 0) is 20.0 Å². The maximum absolute atomic E-state index is 13.2. The number of para-hydroxylation sites is 2. The molecule has 9 nitrogen and oxygen atoms in total. The predicted octanol–water partition coefficient (Wildman–Crippen LogP) is 4.49. The molecule has 1 aliphatic heterocycles. The number of anilines is 2. The molecule has 0 atom stereocenters. The number of hydrogen-bond donors (Lipinski definition) is 2. The Morgan fingerprint density at radius 3 is 2.35 bits per heavy atom. The quantitative estimate of drug-likeness (QED) is 0.416. The van der Waals surface area contributed by atoms with Gasteiger partial charge in [-0.3, -0.25) is 9.52 Å². The number of sulfonamides is 2. The van der Waals surface area contributed by atoms with E-state index in [-0.39, 0.29) is 31.8 Å². The van der Waals surface area contributed by atoms with Crippen LogP contribution in [0, 0.1) is 6.92 Å². The van der Waals surface area contributed by atoms with Crippen molar-refractivity contribution in [3.05, 3.63) is 76.8 Å². The van der Waals surface area contributed by atoms with Gasteiger partial charge in [-0.05, 0) is 67.8 Å². The number of carbonyl (C=O) groups excluding carboxylic acids is 1. The normalized spacial score (nSPS) is 14.4. The molecule has 2 N–H and O–H groups in total. The van der Waals surface area contributed by atoms with Crippen molar-refractivity contribution < 1.29 is 26.4 Å². The predicted molar refractivity (Wildman–Crippen MR) is 142 cm³/mol. The van der Waals surface area contributed by atoms with Crippen LogP contribution in [0.2, 0.25) is 5.02 Å². The molecule has 0 aliphatic carbocycles. The summed E-state index contributed by atoms with van der Waals surface area (Å²) in [7, 11) is -6.36. The van der Waals surface area contributed by atoms with E-state index < -0.39 is 26.0 Å². The Morgan fingerprint density at radius 1 is 0.946 bits per heavy atom. The van der Waals surface area contributed by atoms with Gasteiger partial charge in [0.25, 0.3) is 15.9 Å². The Morgan fingerprint density at radius 2 is 1.65 bits per heavy atom. The standard InChI is InChI=1S/C25H26ClN3O6S2/c1-17-9-10-18(15-24(17)36(31,32)28-21-7-3-4-8-23(21)35-2)25(30)27-22-16-19(11-12-20(22)26)37(33,34)29-13-5-6-14-29/h3-4,7-12,15-16,28H,5-6,13-14H2,1-2H3,(H,27,30). The maximum Gasteiger partial charge on any atom is 0.262 e. The van der Waals surface area contributed by atoms with E-state index in [9.17, 15) is 21.6 Å². The number of hydrogen-bond acceptors (Lipinski definition) is 6. The van der Waals surface area contributed by atoms with E-state index in [1.54, 1.807) is 31.2 Å². The molecule has 0 saturated carbocycles. The van der Waals surface area contributed by atoms with Gasteiger partial charge in [-0.15, -0.1) is 0 Å². The average Bonchev–Trinajstić information content (AvgIpc) is 3.41. The molecule has 0 bridgehead atoms. The van der Waals surface area contributed by atoms with E-state index in [0.717, 1.165) is 12.8 Å². The molecule has 37 heavy (non-hydrogen) atoms. The Labute approximate surface area is 221 Å². The molecule has 1 saturated heterocycles. The number of nitrogens with zero attached hydrogens (tertiary/aromatic N) is 1.